The molecule has 0 atom stereocenters. The summed E-state index contributed by atoms with van der Waals surface area (Å²) in [6.45, 7) is 3.82. The minimum absolute atomic E-state index is 0.0992. The number of aryl methyl sites for hydroxylation is 2. The number of nitrogens with one attached hydrogen (secondary N) is 1. The van der Waals surface area contributed by atoms with E-state index >= 15 is 0 Å². The highest BCUT2D eigenvalue weighted by Gasteiger charge is 2.15. The average molecular weight is 283 g/mol. The van der Waals surface area contributed by atoms with Crippen molar-refractivity contribution in [3.8, 4) is 0 Å². The molecule has 0 fully saturated rings. The zero-order valence-corrected chi connectivity index (χ0v) is 11.4. The number of nitrogen functional groups attached to an aromatic ring is 1. The number of amides is 1. The Hall–Kier alpha value is -1.66. The van der Waals surface area contributed by atoms with E-state index < -0.39 is 5.91 Å². The molecule has 0 radical (unpaired) electrons. The number of anilines is 2. The molecule has 18 heavy (non-hydrogen) atoms. The van der Waals surface area contributed by atoms with Crippen LogP contribution in [0.2, 0.25) is 5.02 Å². The van der Waals surface area contributed by atoms with Crippen LogP contribution in [-0.2, 0) is 0 Å². The number of nitrogens with zero attached hydrogens (tertiary/aromatic N) is 2. The maximum absolute atomic E-state index is 12.0. The summed E-state index contributed by atoms with van der Waals surface area (Å²) in [4.78, 5) is 21.1. The van der Waals surface area contributed by atoms with Crippen molar-refractivity contribution in [3.63, 3.8) is 0 Å². The molecule has 2 aromatic rings. The predicted octanol–water partition coefficient (Wildman–Crippen LogP) is 2.64. The molecule has 0 aromatic carbocycles. The Kier molecular flexibility index (Phi) is 3.49. The molecule has 0 aliphatic carbocycles. The van der Waals surface area contributed by atoms with E-state index in [1.165, 1.54) is 23.5 Å². The first-order chi connectivity index (χ1) is 8.47. The zero-order chi connectivity index (χ0) is 13.3. The smallest absolute Gasteiger partial charge is 0.277 e. The summed E-state index contributed by atoms with van der Waals surface area (Å²) in [6.07, 6.45) is 0. The number of rotatable bonds is 2. The van der Waals surface area contributed by atoms with Crippen molar-refractivity contribution in [2.75, 3.05) is 11.1 Å². The van der Waals surface area contributed by atoms with E-state index in [9.17, 15) is 4.79 Å². The number of aromatic nitrogens is 2. The van der Waals surface area contributed by atoms with Gasteiger partial charge in [-0.3, -0.25) is 10.1 Å². The molecule has 3 N–H and O–H groups in total. The van der Waals surface area contributed by atoms with Gasteiger partial charge in [0.1, 0.15) is 11.5 Å². The maximum atomic E-state index is 12.0. The molecule has 0 bridgehead atoms. The molecule has 5 nitrogen and oxygen atoms in total. The first-order valence-corrected chi connectivity index (χ1v) is 6.34. The Morgan fingerprint density at radius 1 is 1.39 bits per heavy atom. The normalized spacial score (nSPS) is 10.4. The molecule has 94 valence electrons. The molecule has 0 aliphatic heterocycles. The van der Waals surface area contributed by atoms with Crippen LogP contribution in [0.4, 0.5) is 10.9 Å². The molecule has 1 amide bonds. The zero-order valence-electron chi connectivity index (χ0n) is 9.82. The predicted molar refractivity (Wildman–Crippen MR) is 73.2 cm³/mol. The molecule has 0 unspecified atom stereocenters. The second-order valence-electron chi connectivity index (χ2n) is 3.68. The largest absolute Gasteiger partial charge is 0.384 e. The van der Waals surface area contributed by atoms with E-state index in [0.717, 1.165) is 10.6 Å². The summed E-state index contributed by atoms with van der Waals surface area (Å²) < 4.78 is 0. The second-order valence-corrected chi connectivity index (χ2v) is 5.29. The van der Waals surface area contributed by atoms with Crippen molar-refractivity contribution in [1.29, 1.82) is 0 Å². The van der Waals surface area contributed by atoms with E-state index in [2.05, 4.69) is 15.3 Å². The quantitative estimate of drug-likeness (QED) is 0.887. The number of thiazole rings is 1. The average Bonchev–Trinajstić information content (AvgIpc) is 2.61. The van der Waals surface area contributed by atoms with Crippen LogP contribution >= 0.6 is 22.9 Å². The Bertz CT molecular complexity index is 592. The molecule has 2 heterocycles. The second kappa shape index (κ2) is 4.91. The molecule has 7 heteroatoms. The number of nitrogens with two attached hydrogens (primary N) is 1. The first kappa shape index (κ1) is 12.8. The van der Waals surface area contributed by atoms with Crippen molar-refractivity contribution in [1.82, 2.24) is 9.97 Å². The van der Waals surface area contributed by atoms with Gasteiger partial charge < -0.3 is 5.73 Å². The highest BCUT2D eigenvalue weighted by Crippen LogP contribution is 2.23. The maximum Gasteiger partial charge on any atom is 0.277 e. The molecule has 0 saturated carbocycles. The summed E-state index contributed by atoms with van der Waals surface area (Å²) >= 11 is 7.30. The third-order valence-corrected chi connectivity index (χ3v) is 3.62. The number of carbonyl (C=O) groups is 1. The monoisotopic (exact) mass is 282 g/mol. The third kappa shape index (κ3) is 2.60. The molecular formula is C11H11ClN4OS. The van der Waals surface area contributed by atoms with Gasteiger partial charge in [-0.15, -0.1) is 11.3 Å². The van der Waals surface area contributed by atoms with Gasteiger partial charge in [-0.25, -0.2) is 9.97 Å². The van der Waals surface area contributed by atoms with Crippen molar-refractivity contribution in [2.45, 2.75) is 13.8 Å². The van der Waals surface area contributed by atoms with Crippen LogP contribution < -0.4 is 11.1 Å². The van der Waals surface area contributed by atoms with E-state index in [1.54, 1.807) is 0 Å². The van der Waals surface area contributed by atoms with Crippen molar-refractivity contribution in [2.24, 2.45) is 0 Å². The highest BCUT2D eigenvalue weighted by atomic mass is 35.5. The van der Waals surface area contributed by atoms with Gasteiger partial charge in [-0.1, -0.05) is 11.6 Å². The van der Waals surface area contributed by atoms with Gasteiger partial charge in [-0.2, -0.15) is 0 Å². The van der Waals surface area contributed by atoms with E-state index in [-0.39, 0.29) is 16.5 Å². The highest BCUT2D eigenvalue weighted by molar-refractivity contribution is 7.15. The van der Waals surface area contributed by atoms with E-state index in [4.69, 9.17) is 17.3 Å². The number of pyridine rings is 1. The van der Waals surface area contributed by atoms with Crippen LogP contribution in [0.1, 0.15) is 21.1 Å². The topological polar surface area (TPSA) is 80.9 Å². The van der Waals surface area contributed by atoms with Crippen molar-refractivity contribution in [3.05, 3.63) is 33.4 Å². The molecular weight excluding hydrogens is 272 g/mol. The first-order valence-electron chi connectivity index (χ1n) is 5.15. The Labute approximate surface area is 113 Å². The van der Waals surface area contributed by atoms with Gasteiger partial charge in [0, 0.05) is 4.88 Å². The Morgan fingerprint density at radius 2 is 2.11 bits per heavy atom. The van der Waals surface area contributed by atoms with Crippen LogP contribution in [0, 0.1) is 13.8 Å². The molecule has 2 rings (SSSR count). The Morgan fingerprint density at radius 3 is 2.72 bits per heavy atom. The lowest BCUT2D eigenvalue weighted by molar-refractivity contribution is 0.102. The lowest BCUT2D eigenvalue weighted by Crippen LogP contribution is -2.15. The molecule has 0 aliphatic rings. The fourth-order valence-electron chi connectivity index (χ4n) is 1.30. The molecule has 0 saturated heterocycles. The van der Waals surface area contributed by atoms with Crippen LogP contribution in [-0.4, -0.2) is 15.9 Å². The fraction of sp³-hybridized carbons (Fsp3) is 0.182. The molecule has 2 aromatic heterocycles. The van der Waals surface area contributed by atoms with Gasteiger partial charge in [0.25, 0.3) is 5.91 Å². The number of hydrogen-bond acceptors (Lipinski definition) is 5. The SMILES string of the molecule is Cc1nc(NC(=O)c2nc(N)ccc2Cl)sc1C. The van der Waals surface area contributed by atoms with Crippen molar-refractivity contribution < 1.29 is 4.79 Å². The fourth-order valence-corrected chi connectivity index (χ4v) is 2.30. The standard InChI is InChI=1S/C11H11ClN4OS/c1-5-6(2)18-11(14-5)16-10(17)9-7(12)3-4-8(13)15-9/h3-4H,1-2H3,(H2,13,15)(H,14,16,17). The van der Waals surface area contributed by atoms with Gasteiger partial charge in [-0.05, 0) is 26.0 Å². The van der Waals surface area contributed by atoms with Crippen molar-refractivity contribution >= 4 is 39.8 Å². The van der Waals surface area contributed by atoms with Crippen LogP contribution in [0.5, 0.6) is 0 Å². The number of carbonyl (C=O) groups excluding carboxylic acids is 1. The minimum Gasteiger partial charge on any atom is -0.384 e. The van der Waals surface area contributed by atoms with Gasteiger partial charge >= 0.3 is 0 Å². The third-order valence-electron chi connectivity index (χ3n) is 2.33. The number of hydrogen-bond donors (Lipinski definition) is 2. The summed E-state index contributed by atoms with van der Waals surface area (Å²) in [5.74, 6) is -0.169. The van der Waals surface area contributed by atoms with Gasteiger partial charge in [0.15, 0.2) is 5.13 Å². The van der Waals surface area contributed by atoms with E-state index in [1.807, 2.05) is 13.8 Å². The lowest BCUT2D eigenvalue weighted by atomic mass is 10.3. The summed E-state index contributed by atoms with van der Waals surface area (Å²) in [5.41, 5.74) is 6.51. The summed E-state index contributed by atoms with van der Waals surface area (Å²) in [7, 11) is 0. The van der Waals surface area contributed by atoms with Crippen LogP contribution in [0.3, 0.4) is 0 Å². The lowest BCUT2D eigenvalue weighted by Gasteiger charge is -2.03. The van der Waals surface area contributed by atoms with Gasteiger partial charge in [0.2, 0.25) is 0 Å². The summed E-state index contributed by atoms with van der Waals surface area (Å²) in [5, 5.41) is 3.43. The molecule has 0 spiro atoms. The summed E-state index contributed by atoms with van der Waals surface area (Å²) in [6, 6.07) is 3.08. The minimum atomic E-state index is -0.416. The van der Waals surface area contributed by atoms with Crippen LogP contribution in [0.15, 0.2) is 12.1 Å². The van der Waals surface area contributed by atoms with Gasteiger partial charge in [0.05, 0.1) is 10.7 Å². The van der Waals surface area contributed by atoms with E-state index in [0.29, 0.717) is 5.13 Å². The van der Waals surface area contributed by atoms with Crippen LogP contribution in [0.25, 0.3) is 0 Å². The number of halogens is 1. The Balaban J connectivity index is 2.24.